The summed E-state index contributed by atoms with van der Waals surface area (Å²) in [6.07, 6.45) is 0. The van der Waals surface area contributed by atoms with Gasteiger partial charge < -0.3 is 20.8 Å². The van der Waals surface area contributed by atoms with Crippen molar-refractivity contribution in [2.75, 3.05) is 13.2 Å². The smallest absolute Gasteiger partial charge is 0.0626 e. The topological polar surface area (TPSA) is 64.5 Å². The molecule has 0 saturated heterocycles. The van der Waals surface area contributed by atoms with E-state index < -0.39 is 0 Å². The third-order valence-electron chi connectivity index (χ3n) is 4.53. The first-order chi connectivity index (χ1) is 13.3. The van der Waals surface area contributed by atoms with Crippen molar-refractivity contribution in [1.82, 2.24) is 10.6 Å². The Hall–Kier alpha value is -2.02. The molecule has 2 atom stereocenters. The summed E-state index contributed by atoms with van der Waals surface area (Å²) in [5, 5.41) is 26.1. The molecule has 0 saturated carbocycles. The van der Waals surface area contributed by atoms with Gasteiger partial charge in [-0.3, -0.25) is 0 Å². The zero-order chi connectivity index (χ0) is 18.9. The average Bonchev–Trinajstić information content (AvgIpc) is 3.18. The van der Waals surface area contributed by atoms with Gasteiger partial charge in [-0.1, -0.05) is 60.7 Å². The van der Waals surface area contributed by atoms with Crippen molar-refractivity contribution >= 4 is 11.3 Å². The van der Waals surface area contributed by atoms with E-state index in [0.29, 0.717) is 13.1 Å². The molecule has 0 spiro atoms. The molecular formula is C22H26N2O2S. The fourth-order valence-corrected chi connectivity index (χ4v) is 3.93. The van der Waals surface area contributed by atoms with E-state index >= 15 is 0 Å². The fourth-order valence-electron chi connectivity index (χ4n) is 3.01. The van der Waals surface area contributed by atoms with E-state index in [1.54, 1.807) is 11.3 Å². The van der Waals surface area contributed by atoms with E-state index in [1.165, 1.54) is 9.75 Å². The molecule has 4 nitrogen and oxygen atoms in total. The second-order valence-electron chi connectivity index (χ2n) is 6.42. The van der Waals surface area contributed by atoms with E-state index in [1.807, 2.05) is 60.7 Å². The standard InChI is InChI=1S/C22H26N2O2S/c25-15-21(17-7-3-1-4-8-17)23-13-19-11-12-20(27-19)14-24-22(16-26)18-9-5-2-6-10-18/h1-12,21-26H,13-16H2/t21-,22-/m0/s1. The molecule has 4 N–H and O–H groups in total. The van der Waals surface area contributed by atoms with E-state index in [9.17, 15) is 10.2 Å². The van der Waals surface area contributed by atoms with Crippen molar-refractivity contribution in [3.63, 3.8) is 0 Å². The third kappa shape index (κ3) is 5.73. The number of aliphatic hydroxyl groups excluding tert-OH is 2. The lowest BCUT2D eigenvalue weighted by atomic mass is 10.1. The van der Waals surface area contributed by atoms with Crippen LogP contribution in [0, 0.1) is 0 Å². The predicted octanol–water partition coefficient (Wildman–Crippen LogP) is 3.39. The highest BCUT2D eigenvalue weighted by atomic mass is 32.1. The molecule has 0 aliphatic carbocycles. The number of thiophene rings is 1. The van der Waals surface area contributed by atoms with Gasteiger partial charge in [0.25, 0.3) is 0 Å². The van der Waals surface area contributed by atoms with Crippen molar-refractivity contribution in [2.24, 2.45) is 0 Å². The van der Waals surface area contributed by atoms with Crippen LogP contribution in [-0.2, 0) is 13.1 Å². The Morgan fingerprint density at radius 3 is 1.41 bits per heavy atom. The molecule has 3 rings (SSSR count). The summed E-state index contributed by atoms with van der Waals surface area (Å²) in [6, 6.07) is 24.1. The molecule has 0 unspecified atom stereocenters. The molecule has 27 heavy (non-hydrogen) atoms. The summed E-state index contributed by atoms with van der Waals surface area (Å²) in [7, 11) is 0. The Kier molecular flexibility index (Phi) is 7.56. The van der Waals surface area contributed by atoms with Gasteiger partial charge in [-0.15, -0.1) is 11.3 Å². The molecule has 0 aliphatic rings. The highest BCUT2D eigenvalue weighted by Gasteiger charge is 2.12. The van der Waals surface area contributed by atoms with Gasteiger partial charge in [0.2, 0.25) is 0 Å². The minimum Gasteiger partial charge on any atom is -0.394 e. The molecule has 0 bridgehead atoms. The Labute approximate surface area is 164 Å². The SMILES string of the molecule is OC[C@H](NCc1ccc(CN[C@@H](CO)c2ccccc2)s1)c1ccccc1. The summed E-state index contributed by atoms with van der Waals surface area (Å²) in [6.45, 7) is 1.57. The van der Waals surface area contributed by atoms with Crippen molar-refractivity contribution in [2.45, 2.75) is 25.2 Å². The normalized spacial score (nSPS) is 13.4. The van der Waals surface area contributed by atoms with Gasteiger partial charge in [0.05, 0.1) is 25.3 Å². The molecule has 5 heteroatoms. The lowest BCUT2D eigenvalue weighted by molar-refractivity contribution is 0.244. The second kappa shape index (κ2) is 10.3. The fraction of sp³-hybridized carbons (Fsp3) is 0.273. The Balaban J connectivity index is 1.52. The molecule has 0 amide bonds. The average molecular weight is 383 g/mol. The van der Waals surface area contributed by atoms with Gasteiger partial charge in [0.15, 0.2) is 0 Å². The maximum atomic E-state index is 9.65. The molecule has 1 aromatic heterocycles. The Morgan fingerprint density at radius 1 is 0.630 bits per heavy atom. The monoisotopic (exact) mass is 382 g/mol. The van der Waals surface area contributed by atoms with Crippen molar-refractivity contribution in [3.05, 3.63) is 93.7 Å². The number of hydrogen-bond donors (Lipinski definition) is 4. The van der Waals surface area contributed by atoms with Crippen LogP contribution in [0.5, 0.6) is 0 Å². The van der Waals surface area contributed by atoms with Crippen LogP contribution in [0.4, 0.5) is 0 Å². The van der Waals surface area contributed by atoms with Crippen molar-refractivity contribution < 1.29 is 10.2 Å². The molecule has 0 aliphatic heterocycles. The van der Waals surface area contributed by atoms with Gasteiger partial charge >= 0.3 is 0 Å². The van der Waals surface area contributed by atoms with Crippen molar-refractivity contribution in [3.8, 4) is 0 Å². The molecule has 1 heterocycles. The van der Waals surface area contributed by atoms with Crippen LogP contribution in [-0.4, -0.2) is 23.4 Å². The molecule has 3 aromatic rings. The van der Waals surface area contributed by atoms with Crippen molar-refractivity contribution in [1.29, 1.82) is 0 Å². The van der Waals surface area contributed by atoms with E-state index in [0.717, 1.165) is 11.1 Å². The van der Waals surface area contributed by atoms with Crippen LogP contribution in [0.1, 0.15) is 33.0 Å². The van der Waals surface area contributed by atoms with Gasteiger partial charge in [-0.05, 0) is 23.3 Å². The molecular weight excluding hydrogens is 356 g/mol. The quantitative estimate of drug-likeness (QED) is 0.434. The van der Waals surface area contributed by atoms with Gasteiger partial charge in [0, 0.05) is 22.8 Å². The van der Waals surface area contributed by atoms with Gasteiger partial charge in [-0.25, -0.2) is 0 Å². The highest BCUT2D eigenvalue weighted by Crippen LogP contribution is 2.20. The lowest BCUT2D eigenvalue weighted by Gasteiger charge is -2.16. The molecule has 2 aromatic carbocycles. The molecule has 0 fully saturated rings. The summed E-state index contributed by atoms with van der Waals surface area (Å²) in [5.74, 6) is 0. The number of nitrogens with one attached hydrogen (secondary N) is 2. The van der Waals surface area contributed by atoms with Crippen LogP contribution in [0.2, 0.25) is 0 Å². The summed E-state index contributed by atoms with van der Waals surface area (Å²) < 4.78 is 0. The van der Waals surface area contributed by atoms with Crippen LogP contribution < -0.4 is 10.6 Å². The van der Waals surface area contributed by atoms with E-state index in [4.69, 9.17) is 0 Å². The summed E-state index contributed by atoms with van der Waals surface area (Å²) in [4.78, 5) is 2.45. The van der Waals surface area contributed by atoms with Gasteiger partial charge in [-0.2, -0.15) is 0 Å². The lowest BCUT2D eigenvalue weighted by Crippen LogP contribution is -2.23. The minimum atomic E-state index is -0.0632. The first-order valence-corrected chi connectivity index (χ1v) is 9.97. The zero-order valence-corrected chi connectivity index (χ0v) is 16.0. The Bertz CT molecular complexity index is 726. The van der Waals surface area contributed by atoms with Gasteiger partial charge in [0.1, 0.15) is 0 Å². The number of hydrogen-bond acceptors (Lipinski definition) is 5. The maximum Gasteiger partial charge on any atom is 0.0626 e. The highest BCUT2D eigenvalue weighted by molar-refractivity contribution is 7.11. The predicted molar refractivity (Wildman–Crippen MR) is 111 cm³/mol. The van der Waals surface area contributed by atoms with Crippen LogP contribution in [0.25, 0.3) is 0 Å². The maximum absolute atomic E-state index is 9.65. The summed E-state index contributed by atoms with van der Waals surface area (Å²) in [5.41, 5.74) is 2.18. The zero-order valence-electron chi connectivity index (χ0n) is 15.2. The van der Waals surface area contributed by atoms with Crippen LogP contribution >= 0.6 is 11.3 Å². The number of aliphatic hydroxyl groups is 2. The van der Waals surface area contributed by atoms with E-state index in [2.05, 4.69) is 22.8 Å². The number of rotatable bonds is 10. The first kappa shape index (κ1) is 19.7. The third-order valence-corrected chi connectivity index (χ3v) is 5.62. The largest absolute Gasteiger partial charge is 0.394 e. The second-order valence-corrected chi connectivity index (χ2v) is 7.67. The van der Waals surface area contributed by atoms with E-state index in [-0.39, 0.29) is 25.3 Å². The van der Waals surface area contributed by atoms with Crippen LogP contribution in [0.3, 0.4) is 0 Å². The number of benzene rings is 2. The molecule has 142 valence electrons. The Morgan fingerprint density at radius 2 is 1.04 bits per heavy atom. The first-order valence-electron chi connectivity index (χ1n) is 9.16. The molecule has 0 radical (unpaired) electrons. The summed E-state index contributed by atoms with van der Waals surface area (Å²) >= 11 is 1.74. The van der Waals surface area contributed by atoms with Crippen LogP contribution in [0.15, 0.2) is 72.8 Å². The minimum absolute atomic E-state index is 0.0632.